The summed E-state index contributed by atoms with van der Waals surface area (Å²) in [5.41, 5.74) is 7.63. The van der Waals surface area contributed by atoms with Gasteiger partial charge in [-0.2, -0.15) is 0 Å². The molecule has 0 aliphatic heterocycles. The maximum Gasteiger partial charge on any atom is 0.136 e. The van der Waals surface area contributed by atoms with Gasteiger partial charge in [0.25, 0.3) is 0 Å². The molecule has 1 heterocycles. The van der Waals surface area contributed by atoms with E-state index in [9.17, 15) is 0 Å². The summed E-state index contributed by atoms with van der Waals surface area (Å²) in [6.45, 7) is 0. The molecule has 1 aromatic heterocycles. The molecule has 188 valence electrons. The van der Waals surface area contributed by atoms with Crippen molar-refractivity contribution in [3.05, 3.63) is 152 Å². The van der Waals surface area contributed by atoms with E-state index in [0.717, 1.165) is 39.0 Å². The first kappa shape index (κ1) is 22.6. The van der Waals surface area contributed by atoms with Crippen LogP contribution in [-0.2, 0) is 0 Å². The van der Waals surface area contributed by atoms with Crippen molar-refractivity contribution in [3.8, 4) is 11.1 Å². The minimum atomic E-state index is 0.927. The van der Waals surface area contributed by atoms with Crippen molar-refractivity contribution < 1.29 is 4.42 Å². The molecule has 0 saturated carbocycles. The standard InChI is InChI=1S/C38H25NO/c1-3-10-26(11-4-1)27-12-9-15-31(22-27)39(30-13-5-2-6-14-30)32-20-21-33-28(23-32)18-19-29-24-38-36(25-35(29)33)34-16-7-8-17-37(34)40-38/h1-25H. The topological polar surface area (TPSA) is 16.4 Å². The Morgan fingerprint density at radius 1 is 0.350 bits per heavy atom. The van der Waals surface area contributed by atoms with E-state index >= 15 is 0 Å². The highest BCUT2D eigenvalue weighted by atomic mass is 16.3. The van der Waals surface area contributed by atoms with Crippen LogP contribution >= 0.6 is 0 Å². The van der Waals surface area contributed by atoms with E-state index < -0.39 is 0 Å². The van der Waals surface area contributed by atoms with Crippen LogP contribution in [0, 0.1) is 0 Å². The summed E-state index contributed by atoms with van der Waals surface area (Å²) >= 11 is 0. The Balaban J connectivity index is 1.31. The Kier molecular flexibility index (Phi) is 5.17. The second-order valence-electron chi connectivity index (χ2n) is 10.2. The van der Waals surface area contributed by atoms with Crippen molar-refractivity contribution in [1.82, 2.24) is 0 Å². The monoisotopic (exact) mass is 511 g/mol. The molecule has 0 unspecified atom stereocenters. The van der Waals surface area contributed by atoms with E-state index in [1.807, 2.05) is 12.1 Å². The summed E-state index contributed by atoms with van der Waals surface area (Å²) in [6, 6.07) is 53.9. The summed E-state index contributed by atoms with van der Waals surface area (Å²) in [7, 11) is 0. The highest BCUT2D eigenvalue weighted by Gasteiger charge is 2.15. The van der Waals surface area contributed by atoms with Crippen molar-refractivity contribution >= 4 is 60.5 Å². The maximum atomic E-state index is 6.16. The first-order valence-corrected chi connectivity index (χ1v) is 13.6. The summed E-state index contributed by atoms with van der Waals surface area (Å²) in [4.78, 5) is 2.34. The molecule has 2 nitrogen and oxygen atoms in total. The molecule has 0 N–H and O–H groups in total. The SMILES string of the molecule is c1ccc(-c2cccc(N(c3ccccc3)c3ccc4c(ccc5cc6oc7ccccc7c6cc54)c3)c2)cc1. The van der Waals surface area contributed by atoms with E-state index in [1.165, 1.54) is 32.7 Å². The van der Waals surface area contributed by atoms with Crippen LogP contribution < -0.4 is 4.90 Å². The van der Waals surface area contributed by atoms with Gasteiger partial charge in [0.1, 0.15) is 11.2 Å². The van der Waals surface area contributed by atoms with Crippen LogP contribution in [-0.4, -0.2) is 0 Å². The number of para-hydroxylation sites is 2. The molecule has 7 aromatic carbocycles. The number of rotatable bonds is 4. The van der Waals surface area contributed by atoms with Gasteiger partial charge in [-0.05, 0) is 87.3 Å². The van der Waals surface area contributed by atoms with Crippen molar-refractivity contribution in [2.24, 2.45) is 0 Å². The van der Waals surface area contributed by atoms with Crippen LogP contribution in [0.15, 0.2) is 156 Å². The van der Waals surface area contributed by atoms with Gasteiger partial charge in [-0.1, -0.05) is 97.1 Å². The van der Waals surface area contributed by atoms with Crippen LogP contribution in [0.1, 0.15) is 0 Å². The van der Waals surface area contributed by atoms with Crippen LogP contribution in [0.2, 0.25) is 0 Å². The Morgan fingerprint density at radius 3 is 1.88 bits per heavy atom. The highest BCUT2D eigenvalue weighted by molar-refractivity contribution is 6.16. The molecule has 0 aliphatic rings. The molecular weight excluding hydrogens is 486 g/mol. The second-order valence-corrected chi connectivity index (χ2v) is 10.2. The van der Waals surface area contributed by atoms with Gasteiger partial charge >= 0.3 is 0 Å². The molecule has 0 bridgehead atoms. The smallest absolute Gasteiger partial charge is 0.136 e. The number of hydrogen-bond donors (Lipinski definition) is 0. The van der Waals surface area contributed by atoms with Crippen LogP contribution in [0.25, 0.3) is 54.6 Å². The number of anilines is 3. The Hall–Kier alpha value is -5.34. The number of furan rings is 1. The quantitative estimate of drug-likeness (QED) is 0.218. The lowest BCUT2D eigenvalue weighted by atomic mass is 9.99. The van der Waals surface area contributed by atoms with E-state index in [0.29, 0.717) is 0 Å². The zero-order valence-electron chi connectivity index (χ0n) is 21.8. The maximum absolute atomic E-state index is 6.16. The molecule has 8 rings (SSSR count). The molecule has 0 spiro atoms. The summed E-state index contributed by atoms with van der Waals surface area (Å²) in [6.07, 6.45) is 0. The average Bonchev–Trinajstić information content (AvgIpc) is 3.39. The summed E-state index contributed by atoms with van der Waals surface area (Å²) in [5.74, 6) is 0. The van der Waals surface area contributed by atoms with Gasteiger partial charge in [0.05, 0.1) is 0 Å². The van der Waals surface area contributed by atoms with Crippen molar-refractivity contribution in [2.45, 2.75) is 0 Å². The molecule has 0 fully saturated rings. The minimum absolute atomic E-state index is 0.927. The molecule has 0 amide bonds. The van der Waals surface area contributed by atoms with Crippen molar-refractivity contribution in [2.75, 3.05) is 4.90 Å². The normalized spacial score (nSPS) is 11.5. The van der Waals surface area contributed by atoms with Gasteiger partial charge in [-0.25, -0.2) is 0 Å². The largest absolute Gasteiger partial charge is 0.456 e. The first-order valence-electron chi connectivity index (χ1n) is 13.6. The van der Waals surface area contributed by atoms with Gasteiger partial charge in [0, 0.05) is 27.8 Å². The van der Waals surface area contributed by atoms with Gasteiger partial charge in [0.15, 0.2) is 0 Å². The molecule has 0 atom stereocenters. The third-order valence-corrected chi connectivity index (χ3v) is 7.80. The van der Waals surface area contributed by atoms with Crippen molar-refractivity contribution in [3.63, 3.8) is 0 Å². The van der Waals surface area contributed by atoms with Crippen molar-refractivity contribution in [1.29, 1.82) is 0 Å². The highest BCUT2D eigenvalue weighted by Crippen LogP contribution is 2.40. The second kappa shape index (κ2) is 9.14. The Labute approximate surface area is 232 Å². The van der Waals surface area contributed by atoms with Crippen LogP contribution in [0.3, 0.4) is 0 Å². The fourth-order valence-electron chi connectivity index (χ4n) is 5.89. The molecule has 2 heteroatoms. The average molecular weight is 512 g/mol. The molecule has 0 aliphatic carbocycles. The Morgan fingerprint density at radius 2 is 1.02 bits per heavy atom. The number of fused-ring (bicyclic) bond motifs is 6. The zero-order valence-corrected chi connectivity index (χ0v) is 21.8. The lowest BCUT2D eigenvalue weighted by Gasteiger charge is -2.26. The van der Waals surface area contributed by atoms with Gasteiger partial charge in [-0.15, -0.1) is 0 Å². The van der Waals surface area contributed by atoms with Gasteiger partial charge < -0.3 is 9.32 Å². The predicted octanol–water partition coefficient (Wildman–Crippen LogP) is 11.0. The van der Waals surface area contributed by atoms with Gasteiger partial charge in [0.2, 0.25) is 0 Å². The minimum Gasteiger partial charge on any atom is -0.456 e. The van der Waals surface area contributed by atoms with Crippen LogP contribution in [0.5, 0.6) is 0 Å². The molecular formula is C38H25NO. The number of benzene rings is 7. The fraction of sp³-hybridized carbons (Fsp3) is 0. The van der Waals surface area contributed by atoms with E-state index in [-0.39, 0.29) is 0 Å². The first-order chi connectivity index (χ1) is 19.8. The Bertz CT molecular complexity index is 2160. The lowest BCUT2D eigenvalue weighted by Crippen LogP contribution is -2.09. The van der Waals surface area contributed by atoms with Crippen LogP contribution in [0.4, 0.5) is 17.1 Å². The fourth-order valence-corrected chi connectivity index (χ4v) is 5.89. The third-order valence-electron chi connectivity index (χ3n) is 7.80. The lowest BCUT2D eigenvalue weighted by molar-refractivity contribution is 0.669. The number of nitrogens with zero attached hydrogens (tertiary/aromatic N) is 1. The molecule has 0 saturated heterocycles. The molecule has 8 aromatic rings. The van der Waals surface area contributed by atoms with E-state index in [1.54, 1.807) is 0 Å². The number of hydrogen-bond acceptors (Lipinski definition) is 2. The summed E-state index contributed by atoms with van der Waals surface area (Å²) in [5, 5.41) is 7.17. The zero-order chi connectivity index (χ0) is 26.5. The van der Waals surface area contributed by atoms with E-state index in [2.05, 4.69) is 144 Å². The predicted molar refractivity (Wildman–Crippen MR) is 169 cm³/mol. The summed E-state index contributed by atoms with van der Waals surface area (Å²) < 4.78 is 6.16. The molecule has 40 heavy (non-hydrogen) atoms. The van der Waals surface area contributed by atoms with Gasteiger partial charge in [-0.3, -0.25) is 0 Å². The molecule has 0 radical (unpaired) electrons. The van der Waals surface area contributed by atoms with E-state index in [4.69, 9.17) is 4.42 Å². The third kappa shape index (κ3) is 3.73.